The van der Waals surface area contributed by atoms with E-state index in [-0.39, 0.29) is 17.8 Å². The van der Waals surface area contributed by atoms with Gasteiger partial charge in [-0.2, -0.15) is 14.6 Å². The Bertz CT molecular complexity index is 1600. The van der Waals surface area contributed by atoms with Crippen LogP contribution in [0, 0.1) is 18.7 Å². The fraction of sp³-hybridized carbons (Fsp3) is 0.250. The maximum absolute atomic E-state index is 14.0. The van der Waals surface area contributed by atoms with Crippen molar-refractivity contribution in [2.45, 2.75) is 19.1 Å². The van der Waals surface area contributed by atoms with E-state index >= 15 is 0 Å². The Labute approximate surface area is 238 Å². The van der Waals surface area contributed by atoms with Crippen molar-refractivity contribution < 1.29 is 33.1 Å². The van der Waals surface area contributed by atoms with Crippen LogP contribution in [0.1, 0.15) is 27.7 Å². The third-order valence-electron chi connectivity index (χ3n) is 6.64. The molecule has 1 aliphatic rings. The van der Waals surface area contributed by atoms with E-state index in [1.165, 1.54) is 24.1 Å². The number of amides is 2. The van der Waals surface area contributed by atoms with E-state index in [2.05, 4.69) is 25.7 Å². The van der Waals surface area contributed by atoms with E-state index in [0.717, 1.165) is 12.3 Å². The third kappa shape index (κ3) is 6.10. The van der Waals surface area contributed by atoms with E-state index in [0.29, 0.717) is 41.5 Å². The molecule has 3 aromatic heterocycles. The van der Waals surface area contributed by atoms with Crippen LogP contribution in [0.2, 0.25) is 0 Å². The zero-order valence-electron chi connectivity index (χ0n) is 22.6. The number of nitrogens with zero attached hydrogens (tertiary/aromatic N) is 5. The number of anilines is 1. The maximum Gasteiger partial charge on any atom is 0.354 e. The van der Waals surface area contributed by atoms with Crippen LogP contribution >= 0.6 is 0 Å². The van der Waals surface area contributed by atoms with Crippen molar-refractivity contribution in [2.75, 3.05) is 32.1 Å². The van der Waals surface area contributed by atoms with E-state index in [9.17, 15) is 23.5 Å². The molecule has 0 saturated carbocycles. The van der Waals surface area contributed by atoms with Gasteiger partial charge in [0, 0.05) is 49.3 Å². The number of halogens is 2. The lowest BCUT2D eigenvalue weighted by molar-refractivity contribution is -0.154. The summed E-state index contributed by atoms with van der Waals surface area (Å²) in [5.74, 6) is -3.21. The fourth-order valence-corrected chi connectivity index (χ4v) is 4.62. The van der Waals surface area contributed by atoms with Crippen LogP contribution in [0.5, 0.6) is 0 Å². The molecule has 5 rings (SSSR count). The highest BCUT2D eigenvalue weighted by atomic mass is 19.2. The number of aromatic nitrogens is 4. The topological polar surface area (TPSA) is 144 Å². The van der Waals surface area contributed by atoms with Crippen molar-refractivity contribution in [1.82, 2.24) is 30.1 Å². The van der Waals surface area contributed by atoms with Gasteiger partial charge in [-0.05, 0) is 37.3 Å². The van der Waals surface area contributed by atoms with Crippen LogP contribution in [0.4, 0.5) is 19.4 Å². The number of pyridine rings is 2. The Hall–Kier alpha value is -4.79. The van der Waals surface area contributed by atoms with Gasteiger partial charge in [0.05, 0.1) is 24.0 Å². The van der Waals surface area contributed by atoms with Gasteiger partial charge < -0.3 is 15.2 Å². The average Bonchev–Trinajstić information content (AvgIpc) is 3.54. The molecule has 4 heterocycles. The summed E-state index contributed by atoms with van der Waals surface area (Å²) in [5, 5.41) is 21.4. The molecule has 1 aromatic carbocycles. The summed E-state index contributed by atoms with van der Waals surface area (Å²) in [7, 11) is 1.54. The molecule has 0 spiro atoms. The summed E-state index contributed by atoms with van der Waals surface area (Å²) in [6.45, 7) is 2.70. The van der Waals surface area contributed by atoms with Gasteiger partial charge in [-0.25, -0.2) is 28.6 Å². The van der Waals surface area contributed by atoms with Gasteiger partial charge in [0.25, 0.3) is 0 Å². The van der Waals surface area contributed by atoms with Gasteiger partial charge >= 0.3 is 12.0 Å². The lowest BCUT2D eigenvalue weighted by Crippen LogP contribution is -2.42. The van der Waals surface area contributed by atoms with Crippen LogP contribution in [-0.4, -0.2) is 74.8 Å². The molecule has 1 saturated heterocycles. The van der Waals surface area contributed by atoms with Crippen molar-refractivity contribution in [2.24, 2.45) is 0 Å². The predicted octanol–water partition coefficient (Wildman–Crippen LogP) is 3.74. The molecular formula is C28H27F2N7O5. The quantitative estimate of drug-likeness (QED) is 0.253. The van der Waals surface area contributed by atoms with Gasteiger partial charge in [0.15, 0.2) is 5.82 Å². The Morgan fingerprint density at radius 1 is 1.17 bits per heavy atom. The first-order chi connectivity index (χ1) is 20.2. The number of methoxy groups -OCH3 is 1. The molecule has 42 heavy (non-hydrogen) atoms. The number of rotatable bonds is 9. The zero-order chi connectivity index (χ0) is 29.8. The van der Waals surface area contributed by atoms with Gasteiger partial charge in [-0.1, -0.05) is 18.2 Å². The van der Waals surface area contributed by atoms with E-state index in [1.54, 1.807) is 30.2 Å². The number of nitrogens with one attached hydrogen (secondary N) is 2. The number of hydrogen-bond donors (Lipinski definition) is 3. The molecule has 218 valence electrons. The second-order valence-electron chi connectivity index (χ2n) is 9.46. The Morgan fingerprint density at radius 2 is 1.95 bits per heavy atom. The van der Waals surface area contributed by atoms with E-state index in [4.69, 9.17) is 9.57 Å². The number of aromatic carboxylic acids is 1. The highest BCUT2D eigenvalue weighted by Crippen LogP contribution is 2.32. The van der Waals surface area contributed by atoms with Crippen molar-refractivity contribution in [3.05, 3.63) is 89.5 Å². The summed E-state index contributed by atoms with van der Waals surface area (Å²) in [5.41, 5.74) is 2.27. The number of carbonyl (C=O) groups is 2. The molecule has 1 aliphatic heterocycles. The number of carbonyl (C=O) groups excluding carboxylic acids is 1. The fourth-order valence-electron chi connectivity index (χ4n) is 4.62. The maximum atomic E-state index is 14.0. The SMILES string of the molecule is COCCN1C[C@@H](NC(=O)Nc2c(C)c(-c3ccnc(C(=O)O)c3)nn2-c2ccccc2)[C@H](c2cnc(F)c(F)c2)O1. The van der Waals surface area contributed by atoms with Crippen molar-refractivity contribution in [1.29, 1.82) is 0 Å². The first-order valence-electron chi connectivity index (χ1n) is 12.9. The van der Waals surface area contributed by atoms with Crippen LogP contribution in [0.3, 0.4) is 0 Å². The second-order valence-corrected chi connectivity index (χ2v) is 9.46. The second kappa shape index (κ2) is 12.4. The minimum atomic E-state index is -1.24. The normalized spacial score (nSPS) is 16.9. The predicted molar refractivity (Wildman–Crippen MR) is 146 cm³/mol. The Kier molecular flexibility index (Phi) is 8.47. The van der Waals surface area contributed by atoms with Gasteiger partial charge in [0.1, 0.15) is 17.6 Å². The van der Waals surface area contributed by atoms with Gasteiger partial charge in [0.2, 0.25) is 5.95 Å². The Morgan fingerprint density at radius 3 is 2.67 bits per heavy atom. The average molecular weight is 580 g/mol. The van der Waals surface area contributed by atoms with Crippen molar-refractivity contribution >= 4 is 17.8 Å². The number of carboxylic acids is 1. The highest BCUT2D eigenvalue weighted by Gasteiger charge is 2.37. The molecule has 1 fully saturated rings. The molecule has 2 amide bonds. The van der Waals surface area contributed by atoms with E-state index in [1.807, 2.05) is 18.2 Å². The number of benzene rings is 1. The molecule has 4 aromatic rings. The minimum absolute atomic E-state index is 0.148. The minimum Gasteiger partial charge on any atom is -0.477 e. The molecule has 12 nitrogen and oxygen atoms in total. The molecule has 0 unspecified atom stereocenters. The highest BCUT2D eigenvalue weighted by molar-refractivity contribution is 5.92. The molecule has 2 atom stereocenters. The van der Waals surface area contributed by atoms with Crippen molar-refractivity contribution in [3.8, 4) is 16.9 Å². The molecular weight excluding hydrogens is 552 g/mol. The number of para-hydroxylation sites is 1. The van der Waals surface area contributed by atoms with Gasteiger partial charge in [-0.3, -0.25) is 10.2 Å². The molecule has 0 aliphatic carbocycles. The monoisotopic (exact) mass is 579 g/mol. The summed E-state index contributed by atoms with van der Waals surface area (Å²) in [6, 6.07) is 11.8. The summed E-state index contributed by atoms with van der Waals surface area (Å²) >= 11 is 0. The largest absolute Gasteiger partial charge is 0.477 e. The molecule has 0 radical (unpaired) electrons. The Balaban J connectivity index is 1.44. The molecule has 14 heteroatoms. The zero-order valence-corrected chi connectivity index (χ0v) is 22.6. The summed E-state index contributed by atoms with van der Waals surface area (Å²) in [4.78, 5) is 38.2. The number of hydroxylamine groups is 2. The number of urea groups is 1. The van der Waals surface area contributed by atoms with Gasteiger partial charge in [-0.15, -0.1) is 0 Å². The first-order valence-corrected chi connectivity index (χ1v) is 12.9. The molecule has 0 bridgehead atoms. The number of ether oxygens (including phenoxy) is 1. The first kappa shape index (κ1) is 28.7. The summed E-state index contributed by atoms with van der Waals surface area (Å²) in [6.07, 6.45) is 1.69. The van der Waals surface area contributed by atoms with Crippen molar-refractivity contribution in [3.63, 3.8) is 0 Å². The smallest absolute Gasteiger partial charge is 0.354 e. The third-order valence-corrected chi connectivity index (χ3v) is 6.64. The van der Waals surface area contributed by atoms with Crippen LogP contribution < -0.4 is 10.6 Å². The van der Waals surface area contributed by atoms with Crippen LogP contribution in [0.15, 0.2) is 60.9 Å². The summed E-state index contributed by atoms with van der Waals surface area (Å²) < 4.78 is 34.2. The van der Waals surface area contributed by atoms with Crippen LogP contribution in [0.25, 0.3) is 16.9 Å². The standard InChI is InChI=1S/C28H27F2N7O5/c1-16-23(17-8-9-31-21(13-17)27(38)39)35-37(19-6-4-3-5-7-19)26(16)34-28(40)33-22-15-36(10-11-41-2)42-24(22)18-12-20(29)25(30)32-14-18/h3-9,12-14,22,24H,10-11,15H2,1-2H3,(H,38,39)(H2,33,34,40)/t22-,24+/m1/s1. The van der Waals surface area contributed by atoms with Crippen LogP contribution in [-0.2, 0) is 9.57 Å². The number of carboxylic acid groups (broad SMARTS) is 1. The molecule has 3 N–H and O–H groups in total. The van der Waals surface area contributed by atoms with E-state index < -0.39 is 35.9 Å². The lowest BCUT2D eigenvalue weighted by Gasteiger charge is -2.19. The lowest BCUT2D eigenvalue weighted by atomic mass is 10.0. The number of hydrogen-bond acceptors (Lipinski definition) is 8.